The molecule has 1 aliphatic rings. The van der Waals surface area contributed by atoms with Crippen molar-refractivity contribution < 1.29 is 9.13 Å². The maximum absolute atomic E-state index is 14.5. The molecule has 0 fully saturated rings. The van der Waals surface area contributed by atoms with Gasteiger partial charge in [-0.3, -0.25) is 0 Å². The van der Waals surface area contributed by atoms with Gasteiger partial charge in [-0.2, -0.15) is 0 Å². The minimum atomic E-state index is -0.498. The fourth-order valence-corrected chi connectivity index (χ4v) is 4.69. The van der Waals surface area contributed by atoms with Gasteiger partial charge in [-0.25, -0.2) is 4.39 Å². The van der Waals surface area contributed by atoms with Crippen LogP contribution in [-0.4, -0.2) is 6.61 Å². The second kappa shape index (κ2) is 10.4. The van der Waals surface area contributed by atoms with Crippen LogP contribution in [0.1, 0.15) is 49.3 Å². The van der Waals surface area contributed by atoms with Gasteiger partial charge in [0, 0.05) is 5.56 Å². The molecule has 0 saturated carbocycles. The van der Waals surface area contributed by atoms with Crippen LogP contribution in [0.4, 0.5) is 4.39 Å². The summed E-state index contributed by atoms with van der Waals surface area (Å²) >= 11 is 6.29. The average molecular weight is 449 g/mol. The molecule has 1 atom stereocenters. The summed E-state index contributed by atoms with van der Waals surface area (Å²) in [5.74, 6) is 0.453. The summed E-state index contributed by atoms with van der Waals surface area (Å²) in [6, 6.07) is 20.7. The van der Waals surface area contributed by atoms with E-state index in [1.54, 1.807) is 6.07 Å². The minimum absolute atomic E-state index is 0.108. The van der Waals surface area contributed by atoms with Gasteiger partial charge in [-0.1, -0.05) is 71.8 Å². The predicted octanol–water partition coefficient (Wildman–Crippen LogP) is 8.67. The fraction of sp³-hybridized carbons (Fsp3) is 0.310. The van der Waals surface area contributed by atoms with Gasteiger partial charge < -0.3 is 4.74 Å². The van der Waals surface area contributed by atoms with E-state index in [2.05, 4.69) is 49.4 Å². The van der Waals surface area contributed by atoms with E-state index in [4.69, 9.17) is 16.3 Å². The summed E-state index contributed by atoms with van der Waals surface area (Å²) in [5.41, 5.74) is 7.01. The van der Waals surface area contributed by atoms with E-state index in [9.17, 15) is 4.39 Å². The molecular formula is C29H30ClFO. The highest BCUT2D eigenvalue weighted by Crippen LogP contribution is 2.37. The second-order valence-electron chi connectivity index (χ2n) is 8.64. The Bertz CT molecular complexity index is 1080. The van der Waals surface area contributed by atoms with E-state index >= 15 is 0 Å². The molecule has 0 saturated heterocycles. The molecule has 3 aromatic carbocycles. The van der Waals surface area contributed by atoms with Crippen molar-refractivity contribution in [2.45, 2.75) is 46.0 Å². The van der Waals surface area contributed by atoms with Gasteiger partial charge in [0.25, 0.3) is 0 Å². The highest BCUT2D eigenvalue weighted by Gasteiger charge is 2.17. The highest BCUT2D eigenvalue weighted by atomic mass is 35.5. The first-order chi connectivity index (χ1) is 15.5. The van der Waals surface area contributed by atoms with E-state index in [-0.39, 0.29) is 10.8 Å². The molecule has 166 valence electrons. The summed E-state index contributed by atoms with van der Waals surface area (Å²) < 4.78 is 19.8. The number of hydrogen-bond acceptors (Lipinski definition) is 1. The summed E-state index contributed by atoms with van der Waals surface area (Å²) in [6.45, 7) is 4.37. The Labute approximate surface area is 195 Å². The van der Waals surface area contributed by atoms with Gasteiger partial charge in [-0.05, 0) is 86.3 Å². The topological polar surface area (TPSA) is 9.23 Å². The molecule has 1 unspecified atom stereocenters. The van der Waals surface area contributed by atoms with Gasteiger partial charge >= 0.3 is 0 Å². The molecular weight excluding hydrogens is 419 g/mol. The molecule has 4 rings (SSSR count). The molecule has 0 bridgehead atoms. The summed E-state index contributed by atoms with van der Waals surface area (Å²) in [7, 11) is 0. The van der Waals surface area contributed by atoms with E-state index in [0.717, 1.165) is 30.7 Å². The van der Waals surface area contributed by atoms with Crippen molar-refractivity contribution in [2.24, 2.45) is 5.92 Å². The van der Waals surface area contributed by atoms with Crippen molar-refractivity contribution >= 4 is 17.2 Å². The zero-order valence-electron chi connectivity index (χ0n) is 18.8. The molecule has 1 nitrogen and oxygen atoms in total. The maximum atomic E-state index is 14.5. The molecule has 0 amide bonds. The van der Waals surface area contributed by atoms with Crippen LogP contribution in [0.25, 0.3) is 16.7 Å². The second-order valence-corrected chi connectivity index (χ2v) is 9.02. The molecule has 32 heavy (non-hydrogen) atoms. The smallest absolute Gasteiger partial charge is 0.184 e. The van der Waals surface area contributed by atoms with Crippen LogP contribution in [-0.2, 0) is 6.42 Å². The van der Waals surface area contributed by atoms with Crippen molar-refractivity contribution in [2.75, 3.05) is 6.61 Å². The van der Waals surface area contributed by atoms with Crippen molar-refractivity contribution in [3.63, 3.8) is 0 Å². The van der Waals surface area contributed by atoms with Crippen molar-refractivity contribution in [1.82, 2.24) is 0 Å². The summed E-state index contributed by atoms with van der Waals surface area (Å²) in [4.78, 5) is 0. The Kier molecular flexibility index (Phi) is 7.32. The van der Waals surface area contributed by atoms with E-state index in [1.807, 2.05) is 25.1 Å². The van der Waals surface area contributed by atoms with Gasteiger partial charge in [-0.15, -0.1) is 0 Å². The predicted molar refractivity (Wildman–Crippen MR) is 133 cm³/mol. The SMILES string of the molecule is CCOc1ccc(-c2ccc(C3=CCC(CCc4ccc(C)cc4)CC3)cc2)c(Cl)c1F. The van der Waals surface area contributed by atoms with Crippen LogP contribution < -0.4 is 4.74 Å². The molecule has 0 aliphatic heterocycles. The lowest BCUT2D eigenvalue weighted by atomic mass is 9.83. The zero-order valence-corrected chi connectivity index (χ0v) is 19.6. The monoisotopic (exact) mass is 448 g/mol. The lowest BCUT2D eigenvalue weighted by Crippen LogP contribution is -2.07. The average Bonchev–Trinajstić information content (AvgIpc) is 2.82. The van der Waals surface area contributed by atoms with Crippen molar-refractivity contribution in [1.29, 1.82) is 0 Å². The maximum Gasteiger partial charge on any atom is 0.184 e. The van der Waals surface area contributed by atoms with Crippen molar-refractivity contribution in [3.8, 4) is 16.9 Å². The number of rotatable bonds is 7. The number of ether oxygens (including phenoxy) is 1. The molecule has 3 aromatic rings. The van der Waals surface area contributed by atoms with Crippen LogP contribution in [0.5, 0.6) is 5.75 Å². The lowest BCUT2D eigenvalue weighted by Gasteiger charge is -2.22. The molecule has 0 aromatic heterocycles. The van der Waals surface area contributed by atoms with Crippen LogP contribution in [0.15, 0.2) is 66.7 Å². The number of halogens is 2. The normalized spacial score (nSPS) is 16.0. The number of benzene rings is 3. The molecule has 0 heterocycles. The Morgan fingerprint density at radius 3 is 2.34 bits per heavy atom. The third-order valence-corrected chi connectivity index (χ3v) is 6.76. The van der Waals surface area contributed by atoms with Crippen LogP contribution in [0.2, 0.25) is 5.02 Å². The first kappa shape index (κ1) is 22.6. The number of hydrogen-bond donors (Lipinski definition) is 0. The Morgan fingerprint density at radius 1 is 0.969 bits per heavy atom. The molecule has 0 spiro atoms. The van der Waals surface area contributed by atoms with E-state index in [0.29, 0.717) is 12.2 Å². The van der Waals surface area contributed by atoms with Gasteiger partial charge in [0.15, 0.2) is 11.6 Å². The fourth-order valence-electron chi connectivity index (χ4n) is 4.42. The standard InChI is InChI=1S/C29H30ClFO/c1-3-32-27-19-18-26(28(30)29(27)31)25-16-14-24(15-17-25)23-12-10-22(11-13-23)9-8-21-6-4-20(2)5-7-21/h4-7,12,14-19,22H,3,8-11,13H2,1-2H3. The first-order valence-corrected chi connectivity index (χ1v) is 11.9. The van der Waals surface area contributed by atoms with Gasteiger partial charge in [0.1, 0.15) is 0 Å². The lowest BCUT2D eigenvalue weighted by molar-refractivity contribution is 0.322. The Hall–Kier alpha value is -2.58. The first-order valence-electron chi connectivity index (χ1n) is 11.5. The summed E-state index contributed by atoms with van der Waals surface area (Å²) in [5, 5.41) is 0.108. The highest BCUT2D eigenvalue weighted by molar-refractivity contribution is 6.33. The number of allylic oxidation sites excluding steroid dienone is 2. The molecule has 1 aliphatic carbocycles. The largest absolute Gasteiger partial charge is 0.491 e. The third kappa shape index (κ3) is 5.24. The minimum Gasteiger partial charge on any atom is -0.491 e. The van der Waals surface area contributed by atoms with Gasteiger partial charge in [0.05, 0.1) is 11.6 Å². The van der Waals surface area contributed by atoms with Crippen molar-refractivity contribution in [3.05, 3.63) is 94.3 Å². The summed E-state index contributed by atoms with van der Waals surface area (Å²) in [6.07, 6.45) is 8.28. The molecule has 3 heteroatoms. The molecule has 0 N–H and O–H groups in total. The Morgan fingerprint density at radius 2 is 1.69 bits per heavy atom. The van der Waals surface area contributed by atoms with Crippen LogP contribution >= 0.6 is 11.6 Å². The van der Waals surface area contributed by atoms with Gasteiger partial charge in [0.2, 0.25) is 0 Å². The van der Waals surface area contributed by atoms with E-state index in [1.165, 1.54) is 35.1 Å². The number of aryl methyl sites for hydroxylation is 2. The molecule has 0 radical (unpaired) electrons. The quantitative estimate of drug-likeness (QED) is 0.351. The van der Waals surface area contributed by atoms with E-state index < -0.39 is 5.82 Å². The zero-order chi connectivity index (χ0) is 22.5. The van der Waals surface area contributed by atoms with Crippen LogP contribution in [0, 0.1) is 18.7 Å². The third-order valence-electron chi connectivity index (χ3n) is 6.39. The van der Waals surface area contributed by atoms with Crippen LogP contribution in [0.3, 0.4) is 0 Å². The Balaban J connectivity index is 1.39.